The Labute approximate surface area is 211 Å². The zero-order chi connectivity index (χ0) is 25.9. The van der Waals surface area contributed by atoms with E-state index in [-0.39, 0.29) is 22.0 Å². The Hall–Kier alpha value is -3.03. The van der Waals surface area contributed by atoms with Gasteiger partial charge in [0.05, 0.1) is 19.1 Å². The first-order valence-electron chi connectivity index (χ1n) is 11.4. The monoisotopic (exact) mass is 539 g/mol. The molecule has 0 aliphatic carbocycles. The van der Waals surface area contributed by atoms with Crippen LogP contribution < -0.4 is 23.8 Å². The topological polar surface area (TPSA) is 132 Å². The third-order valence-corrected chi connectivity index (χ3v) is 8.94. The van der Waals surface area contributed by atoms with Gasteiger partial charge in [-0.2, -0.15) is 4.31 Å². The van der Waals surface area contributed by atoms with Crippen molar-refractivity contribution in [2.75, 3.05) is 55.8 Å². The summed E-state index contributed by atoms with van der Waals surface area (Å²) in [5, 5.41) is 2.60. The molecular formula is C23H29N3O8S2. The highest BCUT2D eigenvalue weighted by atomic mass is 32.2. The van der Waals surface area contributed by atoms with Crippen LogP contribution in [0.3, 0.4) is 0 Å². The number of ether oxygens (including phenoxy) is 3. The maximum Gasteiger partial charge on any atom is 0.246 e. The molecule has 0 unspecified atom stereocenters. The predicted molar refractivity (Wildman–Crippen MR) is 134 cm³/mol. The van der Waals surface area contributed by atoms with Crippen LogP contribution in [0.25, 0.3) is 0 Å². The molecule has 0 spiro atoms. The number of carbonyl (C=O) groups excluding carboxylic acids is 1. The Kier molecular flexibility index (Phi) is 7.62. The Morgan fingerprint density at radius 2 is 1.69 bits per heavy atom. The fourth-order valence-electron chi connectivity index (χ4n) is 4.12. The van der Waals surface area contributed by atoms with Crippen LogP contribution in [-0.4, -0.2) is 73.3 Å². The quantitative estimate of drug-likeness (QED) is 0.539. The summed E-state index contributed by atoms with van der Waals surface area (Å²) in [6, 6.07) is 8.90. The lowest BCUT2D eigenvalue weighted by Crippen LogP contribution is -2.37. The van der Waals surface area contributed by atoms with Gasteiger partial charge < -0.3 is 19.5 Å². The molecule has 0 atom stereocenters. The second-order valence-corrected chi connectivity index (χ2v) is 12.3. The Bertz CT molecular complexity index is 1340. The zero-order valence-electron chi connectivity index (χ0n) is 20.1. The van der Waals surface area contributed by atoms with Crippen molar-refractivity contribution < 1.29 is 35.8 Å². The Morgan fingerprint density at radius 3 is 2.36 bits per heavy atom. The summed E-state index contributed by atoms with van der Waals surface area (Å²) < 4.78 is 70.1. The van der Waals surface area contributed by atoms with Crippen LogP contribution in [-0.2, 0) is 24.8 Å². The van der Waals surface area contributed by atoms with E-state index in [1.807, 2.05) is 0 Å². The average molecular weight is 540 g/mol. The highest BCUT2D eigenvalue weighted by Gasteiger charge is 2.30. The van der Waals surface area contributed by atoms with Crippen molar-refractivity contribution in [3.8, 4) is 17.2 Å². The number of rotatable bonds is 8. The summed E-state index contributed by atoms with van der Waals surface area (Å²) in [5.41, 5.74) is 0.437. The molecule has 0 bridgehead atoms. The number of hydrogen-bond acceptors (Lipinski definition) is 8. The summed E-state index contributed by atoms with van der Waals surface area (Å²) in [5.74, 6) is 0.383. The van der Waals surface area contributed by atoms with Crippen molar-refractivity contribution in [3.05, 3.63) is 36.4 Å². The first-order valence-corrected chi connectivity index (χ1v) is 14.7. The van der Waals surface area contributed by atoms with Gasteiger partial charge in [-0.1, -0.05) is 6.42 Å². The molecule has 1 saturated heterocycles. The number of carbonyl (C=O) groups is 1. The third kappa shape index (κ3) is 5.68. The molecule has 2 heterocycles. The molecule has 13 heteroatoms. The van der Waals surface area contributed by atoms with Gasteiger partial charge >= 0.3 is 0 Å². The van der Waals surface area contributed by atoms with Crippen LogP contribution in [0, 0.1) is 0 Å². The molecule has 2 aliphatic rings. The minimum Gasteiger partial charge on any atom is -0.495 e. The van der Waals surface area contributed by atoms with Crippen molar-refractivity contribution in [1.82, 2.24) is 4.31 Å². The number of nitrogens with one attached hydrogen (secondary N) is 1. The van der Waals surface area contributed by atoms with Gasteiger partial charge in [-0.05, 0) is 43.2 Å². The van der Waals surface area contributed by atoms with Crippen molar-refractivity contribution >= 4 is 37.3 Å². The van der Waals surface area contributed by atoms with Gasteiger partial charge in [-0.25, -0.2) is 16.8 Å². The molecule has 1 N–H and O–H groups in total. The highest BCUT2D eigenvalue weighted by molar-refractivity contribution is 7.92. The molecule has 0 saturated carbocycles. The average Bonchev–Trinajstić information content (AvgIpc) is 2.87. The van der Waals surface area contributed by atoms with E-state index in [1.165, 1.54) is 41.7 Å². The van der Waals surface area contributed by atoms with Gasteiger partial charge in [0.15, 0.2) is 11.5 Å². The molecule has 0 aromatic heterocycles. The molecule has 36 heavy (non-hydrogen) atoms. The fraction of sp³-hybridized carbons (Fsp3) is 0.435. The van der Waals surface area contributed by atoms with Gasteiger partial charge in [0.2, 0.25) is 26.0 Å². The van der Waals surface area contributed by atoms with Crippen LogP contribution in [0.4, 0.5) is 11.4 Å². The van der Waals surface area contributed by atoms with E-state index < -0.39 is 32.5 Å². The highest BCUT2D eigenvalue weighted by Crippen LogP contribution is 2.35. The lowest BCUT2D eigenvalue weighted by atomic mass is 10.2. The van der Waals surface area contributed by atoms with E-state index in [0.29, 0.717) is 37.8 Å². The molecule has 2 aromatic carbocycles. The van der Waals surface area contributed by atoms with E-state index >= 15 is 0 Å². The van der Waals surface area contributed by atoms with Gasteiger partial charge in [0.25, 0.3) is 0 Å². The van der Waals surface area contributed by atoms with Crippen molar-refractivity contribution in [2.45, 2.75) is 24.2 Å². The van der Waals surface area contributed by atoms with E-state index in [0.717, 1.165) is 29.8 Å². The lowest BCUT2D eigenvalue weighted by Gasteiger charge is -2.27. The number of piperidine rings is 1. The second-order valence-electron chi connectivity index (χ2n) is 8.48. The molecule has 2 aromatic rings. The molecule has 1 amide bonds. The Morgan fingerprint density at radius 1 is 1.00 bits per heavy atom. The normalized spacial score (nSPS) is 16.3. The smallest absolute Gasteiger partial charge is 0.246 e. The molecule has 4 rings (SSSR count). The van der Waals surface area contributed by atoms with Crippen molar-refractivity contribution in [2.24, 2.45) is 0 Å². The molecule has 1 fully saturated rings. The van der Waals surface area contributed by atoms with Crippen LogP contribution in [0.15, 0.2) is 41.3 Å². The summed E-state index contributed by atoms with van der Waals surface area (Å²) in [6.07, 6.45) is 3.52. The summed E-state index contributed by atoms with van der Waals surface area (Å²) in [4.78, 5) is 12.8. The molecular weight excluding hydrogens is 510 g/mol. The predicted octanol–water partition coefficient (Wildman–Crippen LogP) is 2.05. The first kappa shape index (κ1) is 26.0. The summed E-state index contributed by atoms with van der Waals surface area (Å²) >= 11 is 0. The van der Waals surface area contributed by atoms with Gasteiger partial charge in [0.1, 0.15) is 30.4 Å². The first-order chi connectivity index (χ1) is 17.1. The van der Waals surface area contributed by atoms with E-state index in [1.54, 1.807) is 6.07 Å². The summed E-state index contributed by atoms with van der Waals surface area (Å²) in [7, 11) is -6.30. The number of fused-ring (bicyclic) bond motifs is 1. The molecule has 196 valence electrons. The van der Waals surface area contributed by atoms with E-state index in [9.17, 15) is 21.6 Å². The maximum atomic E-state index is 13.2. The molecule has 0 radical (unpaired) electrons. The Balaban J connectivity index is 1.56. The zero-order valence-corrected chi connectivity index (χ0v) is 21.7. The van der Waals surface area contributed by atoms with E-state index in [4.69, 9.17) is 14.2 Å². The maximum absolute atomic E-state index is 13.2. The lowest BCUT2D eigenvalue weighted by molar-refractivity contribution is -0.114. The largest absolute Gasteiger partial charge is 0.495 e. The minimum absolute atomic E-state index is 0.0588. The van der Waals surface area contributed by atoms with E-state index in [2.05, 4.69) is 5.32 Å². The van der Waals surface area contributed by atoms with Crippen molar-refractivity contribution in [3.63, 3.8) is 0 Å². The van der Waals surface area contributed by atoms with Crippen LogP contribution in [0.1, 0.15) is 19.3 Å². The molecule has 2 aliphatic heterocycles. The fourth-order valence-corrected chi connectivity index (χ4v) is 6.67. The molecule has 11 nitrogen and oxygen atoms in total. The van der Waals surface area contributed by atoms with Crippen LogP contribution in [0.2, 0.25) is 0 Å². The number of benzene rings is 2. The second kappa shape index (κ2) is 10.5. The summed E-state index contributed by atoms with van der Waals surface area (Å²) in [6.45, 7) is 1.03. The van der Waals surface area contributed by atoms with Crippen LogP contribution in [0.5, 0.6) is 17.2 Å². The number of amides is 1. The number of methoxy groups -OCH3 is 1. The SMILES string of the molecule is COc1ccc(NC(=O)CN(c2ccc3c(c2)OCCO3)S(C)(=O)=O)cc1S(=O)(=O)N1CCCCC1. The van der Waals surface area contributed by atoms with Gasteiger partial charge in [0, 0.05) is 24.8 Å². The minimum atomic E-state index is -3.84. The standard InChI is InChI=1S/C23H29N3O8S2/c1-32-20-8-6-17(14-22(20)36(30,31)25-10-4-3-5-11-25)24-23(27)16-26(35(2,28)29)18-7-9-19-21(15-18)34-13-12-33-19/h6-9,14-15H,3-5,10-13,16H2,1-2H3,(H,24,27). The van der Waals surface area contributed by atoms with Crippen molar-refractivity contribution in [1.29, 1.82) is 0 Å². The number of anilines is 2. The third-order valence-electron chi connectivity index (χ3n) is 5.88. The number of nitrogens with zero attached hydrogens (tertiary/aromatic N) is 2. The number of sulfonamides is 2. The van der Waals surface area contributed by atoms with Gasteiger partial charge in [-0.3, -0.25) is 9.10 Å². The number of hydrogen-bond donors (Lipinski definition) is 1. The van der Waals surface area contributed by atoms with Gasteiger partial charge in [-0.15, -0.1) is 0 Å². The van der Waals surface area contributed by atoms with Crippen LogP contribution >= 0.6 is 0 Å².